The Bertz CT molecular complexity index is 541. The van der Waals surface area contributed by atoms with Crippen LogP contribution in [0.15, 0.2) is 4.79 Å². The quantitative estimate of drug-likeness (QED) is 0.737. The van der Waals surface area contributed by atoms with Gasteiger partial charge in [-0.05, 0) is 19.4 Å². The Labute approximate surface area is 84.8 Å². The summed E-state index contributed by atoms with van der Waals surface area (Å²) in [7, 11) is 0. The van der Waals surface area contributed by atoms with Gasteiger partial charge in [-0.2, -0.15) is 0 Å². The van der Waals surface area contributed by atoms with Crippen molar-refractivity contribution in [1.29, 1.82) is 0 Å². The number of hydrogen-bond donors (Lipinski definition) is 2. The molecule has 0 fully saturated rings. The highest BCUT2D eigenvalue weighted by Crippen LogP contribution is 2.25. The second-order valence-electron chi connectivity index (χ2n) is 3.19. The van der Waals surface area contributed by atoms with Crippen molar-refractivity contribution in [3.63, 3.8) is 0 Å². The molecule has 0 aromatic carbocycles. The number of hydrogen-bond acceptors (Lipinski definition) is 4. The van der Waals surface area contributed by atoms with Crippen molar-refractivity contribution in [3.05, 3.63) is 26.6 Å². The molecule has 0 spiro atoms. The molecule has 2 heterocycles. The smallest absolute Gasteiger partial charge is 0.259 e. The molecule has 14 heavy (non-hydrogen) atoms. The molecule has 2 aromatic rings. The molecule has 2 rings (SSSR count). The van der Waals surface area contributed by atoms with Crippen molar-refractivity contribution < 1.29 is 0 Å². The van der Waals surface area contributed by atoms with Gasteiger partial charge in [0.15, 0.2) is 0 Å². The Morgan fingerprint density at radius 3 is 2.86 bits per heavy atom. The van der Waals surface area contributed by atoms with Crippen LogP contribution in [0.1, 0.15) is 16.3 Å². The van der Waals surface area contributed by atoms with Gasteiger partial charge in [0.2, 0.25) is 0 Å². The molecule has 0 unspecified atom stereocenters. The summed E-state index contributed by atoms with van der Waals surface area (Å²) in [6.07, 6.45) is 0. The number of aryl methyl sites for hydroxylation is 2. The fraction of sp³-hybridized carbons (Fsp3) is 0.333. The van der Waals surface area contributed by atoms with Crippen LogP contribution >= 0.6 is 11.3 Å². The minimum absolute atomic E-state index is 0.0686. The van der Waals surface area contributed by atoms with E-state index in [9.17, 15) is 4.79 Å². The molecule has 0 aliphatic carbocycles. The van der Waals surface area contributed by atoms with Crippen molar-refractivity contribution in [1.82, 2.24) is 9.97 Å². The van der Waals surface area contributed by atoms with E-state index in [1.54, 1.807) is 6.92 Å². The SMILES string of the molecule is Cc1nc2sc(CN)c(C)c2c(=O)[nH]1. The van der Waals surface area contributed by atoms with E-state index in [1.165, 1.54) is 11.3 Å². The van der Waals surface area contributed by atoms with Crippen molar-refractivity contribution in [2.45, 2.75) is 20.4 Å². The molecule has 0 amide bonds. The highest BCUT2D eigenvalue weighted by molar-refractivity contribution is 7.18. The van der Waals surface area contributed by atoms with Gasteiger partial charge in [-0.3, -0.25) is 4.79 Å². The monoisotopic (exact) mass is 209 g/mol. The second-order valence-corrected chi connectivity index (χ2v) is 4.27. The summed E-state index contributed by atoms with van der Waals surface area (Å²) in [6, 6.07) is 0. The van der Waals surface area contributed by atoms with Crippen molar-refractivity contribution in [2.24, 2.45) is 5.73 Å². The molecule has 5 heteroatoms. The first-order valence-electron chi connectivity index (χ1n) is 4.32. The minimum atomic E-state index is -0.0686. The lowest BCUT2D eigenvalue weighted by molar-refractivity contribution is 1.06. The van der Waals surface area contributed by atoms with Crippen LogP contribution in [0.5, 0.6) is 0 Å². The predicted molar refractivity (Wildman–Crippen MR) is 57.6 cm³/mol. The zero-order valence-corrected chi connectivity index (χ0v) is 8.86. The number of aromatic amines is 1. The third kappa shape index (κ3) is 1.25. The fourth-order valence-corrected chi connectivity index (χ4v) is 2.59. The van der Waals surface area contributed by atoms with E-state index in [0.717, 1.165) is 15.3 Å². The molecule has 0 radical (unpaired) electrons. The van der Waals surface area contributed by atoms with Crippen LogP contribution in [-0.2, 0) is 6.54 Å². The lowest BCUT2D eigenvalue weighted by atomic mass is 10.2. The van der Waals surface area contributed by atoms with E-state index >= 15 is 0 Å². The van der Waals surface area contributed by atoms with E-state index in [1.807, 2.05) is 6.92 Å². The molecule has 74 valence electrons. The van der Waals surface area contributed by atoms with Crippen LogP contribution in [0, 0.1) is 13.8 Å². The molecule has 0 aliphatic rings. The van der Waals surface area contributed by atoms with Gasteiger partial charge in [-0.15, -0.1) is 11.3 Å². The minimum Gasteiger partial charge on any atom is -0.326 e. The summed E-state index contributed by atoms with van der Waals surface area (Å²) in [5.74, 6) is 0.646. The number of nitrogens with one attached hydrogen (secondary N) is 1. The van der Waals surface area contributed by atoms with Crippen molar-refractivity contribution >= 4 is 21.6 Å². The third-order valence-corrected chi connectivity index (χ3v) is 3.41. The summed E-state index contributed by atoms with van der Waals surface area (Å²) < 4.78 is 0. The Morgan fingerprint density at radius 2 is 2.21 bits per heavy atom. The van der Waals surface area contributed by atoms with Crippen LogP contribution in [0.2, 0.25) is 0 Å². The Balaban J connectivity index is 2.92. The zero-order valence-electron chi connectivity index (χ0n) is 8.05. The first-order valence-corrected chi connectivity index (χ1v) is 5.14. The lowest BCUT2D eigenvalue weighted by Crippen LogP contribution is -2.09. The predicted octanol–water partition coefficient (Wildman–Crippen LogP) is 1.06. The summed E-state index contributed by atoms with van der Waals surface area (Å²) in [4.78, 5) is 20.4. The van der Waals surface area contributed by atoms with E-state index < -0.39 is 0 Å². The van der Waals surface area contributed by atoms with Crippen LogP contribution in [0.25, 0.3) is 10.2 Å². The van der Waals surface area contributed by atoms with Gasteiger partial charge in [-0.1, -0.05) is 0 Å². The standard InChI is InChI=1S/C9H11N3OS/c1-4-6(3-10)14-9-7(4)8(13)11-5(2)12-9/h3,10H2,1-2H3,(H,11,12,13). The number of fused-ring (bicyclic) bond motifs is 1. The summed E-state index contributed by atoms with van der Waals surface area (Å²) in [6.45, 7) is 4.15. The van der Waals surface area contributed by atoms with Gasteiger partial charge in [0.05, 0.1) is 5.39 Å². The number of nitrogens with two attached hydrogens (primary N) is 1. The number of rotatable bonds is 1. The molecule has 3 N–H and O–H groups in total. The third-order valence-electron chi connectivity index (χ3n) is 2.20. The van der Waals surface area contributed by atoms with Crippen LogP contribution in [0.4, 0.5) is 0 Å². The second kappa shape index (κ2) is 3.18. The van der Waals surface area contributed by atoms with E-state index in [4.69, 9.17) is 5.73 Å². The fourth-order valence-electron chi connectivity index (χ4n) is 1.49. The highest BCUT2D eigenvalue weighted by Gasteiger charge is 2.11. The molecule has 0 aliphatic heterocycles. The molecule has 0 atom stereocenters. The number of nitrogens with zero attached hydrogens (tertiary/aromatic N) is 1. The van der Waals surface area contributed by atoms with Crippen LogP contribution < -0.4 is 11.3 Å². The van der Waals surface area contributed by atoms with E-state index in [0.29, 0.717) is 17.8 Å². The van der Waals surface area contributed by atoms with Crippen molar-refractivity contribution in [3.8, 4) is 0 Å². The lowest BCUT2D eigenvalue weighted by Gasteiger charge is -1.93. The Morgan fingerprint density at radius 1 is 1.50 bits per heavy atom. The maximum Gasteiger partial charge on any atom is 0.259 e. The largest absolute Gasteiger partial charge is 0.326 e. The molecule has 0 saturated heterocycles. The van der Waals surface area contributed by atoms with Crippen LogP contribution in [-0.4, -0.2) is 9.97 Å². The number of thiophene rings is 1. The van der Waals surface area contributed by atoms with Gasteiger partial charge in [0.25, 0.3) is 5.56 Å². The average molecular weight is 209 g/mol. The number of H-pyrrole nitrogens is 1. The first kappa shape index (κ1) is 9.36. The zero-order chi connectivity index (χ0) is 10.3. The molecular formula is C9H11N3OS. The number of aromatic nitrogens is 2. The Hall–Kier alpha value is -1.20. The maximum absolute atomic E-state index is 11.6. The maximum atomic E-state index is 11.6. The van der Waals surface area contributed by atoms with Gasteiger partial charge in [-0.25, -0.2) is 4.98 Å². The normalized spacial score (nSPS) is 11.1. The van der Waals surface area contributed by atoms with Crippen molar-refractivity contribution in [2.75, 3.05) is 0 Å². The summed E-state index contributed by atoms with van der Waals surface area (Å²) in [5.41, 5.74) is 6.46. The van der Waals surface area contributed by atoms with Crippen LogP contribution in [0.3, 0.4) is 0 Å². The Kier molecular flexibility index (Phi) is 2.13. The van der Waals surface area contributed by atoms with E-state index in [2.05, 4.69) is 9.97 Å². The molecule has 0 bridgehead atoms. The van der Waals surface area contributed by atoms with Gasteiger partial charge < -0.3 is 10.7 Å². The molecule has 4 nitrogen and oxygen atoms in total. The van der Waals surface area contributed by atoms with Gasteiger partial charge >= 0.3 is 0 Å². The first-order chi connectivity index (χ1) is 6.63. The summed E-state index contributed by atoms with van der Waals surface area (Å²) in [5, 5.41) is 0.682. The molecule has 0 saturated carbocycles. The topological polar surface area (TPSA) is 71.8 Å². The average Bonchev–Trinajstić information content (AvgIpc) is 2.42. The highest BCUT2D eigenvalue weighted by atomic mass is 32.1. The summed E-state index contributed by atoms with van der Waals surface area (Å²) >= 11 is 1.50. The molecular weight excluding hydrogens is 198 g/mol. The van der Waals surface area contributed by atoms with E-state index in [-0.39, 0.29) is 5.56 Å². The van der Waals surface area contributed by atoms with Gasteiger partial charge in [0, 0.05) is 11.4 Å². The molecule has 2 aromatic heterocycles. The van der Waals surface area contributed by atoms with Gasteiger partial charge in [0.1, 0.15) is 10.7 Å².